The van der Waals surface area contributed by atoms with Crippen molar-refractivity contribution < 1.29 is 117 Å². The fourth-order valence-electron chi connectivity index (χ4n) is 11.8. The summed E-state index contributed by atoms with van der Waals surface area (Å²) in [5.41, 5.74) is -1.41. The molecule has 0 aromatic heterocycles. The number of Topliss-reactive ketones (excluding diaryl/α,β-unsaturated/α-hetero) is 1. The number of phenolic OH excluding ortho intramolecular Hbond substituents is 2. The minimum atomic E-state index is -1.63. The Morgan fingerprint density at radius 3 is 1.71 bits per heavy atom. The zero-order valence-electron chi connectivity index (χ0n) is 46.9. The van der Waals surface area contributed by atoms with E-state index in [0.29, 0.717) is 0 Å². The summed E-state index contributed by atoms with van der Waals surface area (Å²) in [5, 5.41) is 102. The van der Waals surface area contributed by atoms with Crippen molar-refractivity contribution in [3.05, 3.63) is 28.8 Å². The molecule has 25 heteroatoms. The van der Waals surface area contributed by atoms with Gasteiger partial charge >= 0.3 is 5.97 Å². The second-order valence-corrected chi connectivity index (χ2v) is 22.9. The van der Waals surface area contributed by atoms with Gasteiger partial charge in [-0.2, -0.15) is 0 Å². The summed E-state index contributed by atoms with van der Waals surface area (Å²) in [6.07, 6.45) is -23.3. The molecular formula is C55H81NO24. The van der Waals surface area contributed by atoms with Crippen LogP contribution in [-0.2, 0) is 68.1 Å². The Morgan fingerprint density at radius 1 is 0.688 bits per heavy atom. The Balaban J connectivity index is 1.07. The van der Waals surface area contributed by atoms with Crippen LogP contribution in [0.2, 0.25) is 0 Å². The summed E-state index contributed by atoms with van der Waals surface area (Å²) in [7, 11) is 2.43. The maximum atomic E-state index is 15.2. The van der Waals surface area contributed by atoms with Crippen molar-refractivity contribution in [1.82, 2.24) is 5.32 Å². The highest BCUT2D eigenvalue weighted by Gasteiger charge is 2.51. The first-order valence-corrected chi connectivity index (χ1v) is 27.5. The number of methoxy groups -OCH3 is 2. The number of rotatable bonds is 16. The molecule has 5 aliphatic heterocycles. The summed E-state index contributed by atoms with van der Waals surface area (Å²) in [6, 6.07) is 1.96. The minimum absolute atomic E-state index is 0.0331. The molecule has 0 spiro atoms. The van der Waals surface area contributed by atoms with Crippen molar-refractivity contribution in [3.8, 4) is 17.2 Å². The molecule has 5 fully saturated rings. The average Bonchev–Trinajstić information content (AvgIpc) is 3.53. The Morgan fingerprint density at radius 2 is 1.19 bits per heavy atom. The van der Waals surface area contributed by atoms with Gasteiger partial charge in [-0.1, -0.05) is 13.8 Å². The number of amides is 1. The van der Waals surface area contributed by atoms with Gasteiger partial charge in [0.1, 0.15) is 66.0 Å². The molecular weight excluding hydrogens is 1060 g/mol. The normalized spacial score (nSPS) is 40.5. The average molecular weight is 1140 g/mol. The number of hydrogen-bond donors (Lipinski definition) is 10. The van der Waals surface area contributed by atoms with E-state index in [9.17, 15) is 55.5 Å². The van der Waals surface area contributed by atoms with Crippen LogP contribution in [0.15, 0.2) is 12.1 Å². The van der Waals surface area contributed by atoms with Gasteiger partial charge in [0.05, 0.1) is 78.6 Å². The van der Waals surface area contributed by atoms with E-state index in [1.807, 2.05) is 0 Å². The number of phenols is 2. The fraction of sp³-hybridized carbons (Fsp3) is 0.764. The molecule has 80 heavy (non-hydrogen) atoms. The molecule has 2 aromatic rings. The molecule has 1 aliphatic carbocycles. The number of carbonyl (C=O) groups excluding carboxylic acids is 3. The molecule has 0 saturated carbocycles. The Labute approximate surface area is 463 Å². The van der Waals surface area contributed by atoms with Gasteiger partial charge in [-0.3, -0.25) is 9.59 Å². The van der Waals surface area contributed by atoms with Crippen LogP contribution >= 0.6 is 0 Å². The third-order valence-electron chi connectivity index (χ3n) is 16.5. The van der Waals surface area contributed by atoms with Gasteiger partial charge in [-0.05, 0) is 83.9 Å². The second-order valence-electron chi connectivity index (χ2n) is 22.9. The summed E-state index contributed by atoms with van der Waals surface area (Å²) < 4.78 is 72.1. The standard InChI is InChI=1S/C55H81NO24/c1-20(2)42(54(67)70-11)56-53(66)51(69-10)29-13-27-12-28-14-31(76-36-16-32(45(60)23(5)72-36)77-35-15-30(57)44(59)22(4)71-35)21(3)43(58)40(28)48(63)41(27)49(64)50(29)80-38-18-33(46(61)25(7)74-38)78-37-17-34(47(62)24(6)73-37)79-39-19-55(9,68)52(65)26(8)75-39/h12,14,20,22-26,29-30,32-39,42,44-47,50-52,57-63,65,68H,13,15-19H2,1-11H3,(H,56,66)/t22?,23?,24?,25?,26?,29-,30?,32?,33?,34?,35?,36?,37?,38?,39?,42+,44?,45?,46?,47?,50+,51+,52?,55?/m1/s1. The SMILES string of the molecule is COC(=O)[C@@H](NC(=O)[C@@H](OC)[C@@H]1Cc2cc3cc(OC4CC(OC5CC(O)C(O)C(C)O5)C(O)C(C)O4)c(C)c(O)c3c(O)c2C(=O)[C@H]1OC1CC(OC2CC(OC3CC(C)(O)C(O)C(C)O3)C(O)C(C)O2)C(O)C(C)O1)C(C)C. The molecule has 450 valence electrons. The van der Waals surface area contributed by atoms with Crippen LogP contribution in [0.5, 0.6) is 17.2 Å². The van der Waals surface area contributed by atoms with Gasteiger partial charge in [0.2, 0.25) is 12.2 Å². The molecule has 24 atom stereocenters. The number of nitrogens with one attached hydrogen (secondary N) is 1. The van der Waals surface area contributed by atoms with Crippen LogP contribution in [0.4, 0.5) is 0 Å². The zero-order valence-corrected chi connectivity index (χ0v) is 46.9. The van der Waals surface area contributed by atoms with Gasteiger partial charge in [-0.25, -0.2) is 4.79 Å². The lowest BCUT2D eigenvalue weighted by atomic mass is 9.76. The highest BCUT2D eigenvalue weighted by Crippen LogP contribution is 2.47. The highest BCUT2D eigenvalue weighted by atomic mass is 16.7. The number of benzene rings is 2. The first-order chi connectivity index (χ1) is 37.6. The van der Waals surface area contributed by atoms with E-state index < -0.39 is 182 Å². The van der Waals surface area contributed by atoms with Crippen LogP contribution in [0.1, 0.15) is 109 Å². The predicted molar refractivity (Wildman–Crippen MR) is 275 cm³/mol. The van der Waals surface area contributed by atoms with Crippen molar-refractivity contribution in [2.45, 2.75) is 242 Å². The second kappa shape index (κ2) is 25.1. The minimum Gasteiger partial charge on any atom is -0.507 e. The Hall–Kier alpha value is -3.97. The third-order valence-corrected chi connectivity index (χ3v) is 16.5. The van der Waals surface area contributed by atoms with Crippen molar-refractivity contribution >= 4 is 28.4 Å². The Bertz CT molecular complexity index is 2500. The van der Waals surface area contributed by atoms with Gasteiger partial charge in [-0.15, -0.1) is 0 Å². The number of fused-ring (bicyclic) bond motifs is 2. The van der Waals surface area contributed by atoms with E-state index in [0.717, 1.165) is 0 Å². The molecule has 8 rings (SSSR count). The van der Waals surface area contributed by atoms with E-state index in [-0.39, 0.29) is 71.7 Å². The molecule has 10 N–H and O–H groups in total. The highest BCUT2D eigenvalue weighted by molar-refractivity contribution is 6.11. The molecule has 0 bridgehead atoms. The largest absolute Gasteiger partial charge is 0.507 e. The molecule has 2 aromatic carbocycles. The first-order valence-electron chi connectivity index (χ1n) is 27.5. The fourth-order valence-corrected chi connectivity index (χ4v) is 11.8. The van der Waals surface area contributed by atoms with E-state index in [2.05, 4.69) is 5.32 Å². The summed E-state index contributed by atoms with van der Waals surface area (Å²) in [4.78, 5) is 42.5. The van der Waals surface area contributed by atoms with Gasteiger partial charge in [0, 0.05) is 50.7 Å². The smallest absolute Gasteiger partial charge is 0.328 e. The summed E-state index contributed by atoms with van der Waals surface area (Å²) >= 11 is 0. The Kier molecular flexibility index (Phi) is 19.5. The lowest BCUT2D eigenvalue weighted by molar-refractivity contribution is -0.334. The molecule has 6 aliphatic rings. The summed E-state index contributed by atoms with van der Waals surface area (Å²) in [6.45, 7) is 14.3. The van der Waals surface area contributed by atoms with Gasteiger partial charge in [0.25, 0.3) is 0 Å². The monoisotopic (exact) mass is 1140 g/mol. The quantitative estimate of drug-likeness (QED) is 0.104. The maximum absolute atomic E-state index is 15.2. The van der Waals surface area contributed by atoms with Crippen LogP contribution in [-0.4, -0.2) is 219 Å². The van der Waals surface area contributed by atoms with Crippen LogP contribution in [0.25, 0.3) is 10.8 Å². The number of aromatic hydroxyl groups is 2. The van der Waals surface area contributed by atoms with Crippen molar-refractivity contribution in [3.63, 3.8) is 0 Å². The lowest BCUT2D eigenvalue weighted by Crippen LogP contribution is -2.58. The summed E-state index contributed by atoms with van der Waals surface area (Å²) in [5.74, 6) is -4.93. The van der Waals surface area contributed by atoms with Crippen LogP contribution in [0.3, 0.4) is 0 Å². The number of carbonyl (C=O) groups is 3. The number of ether oxygens (including phenoxy) is 12. The van der Waals surface area contributed by atoms with Crippen molar-refractivity contribution in [1.29, 1.82) is 0 Å². The molecule has 5 heterocycles. The number of esters is 1. The first kappa shape index (κ1) is 62.1. The van der Waals surface area contributed by atoms with Gasteiger partial charge in [0.15, 0.2) is 30.9 Å². The lowest BCUT2D eigenvalue weighted by Gasteiger charge is -2.46. The van der Waals surface area contributed by atoms with E-state index >= 15 is 4.79 Å². The number of aliphatic hydroxyl groups is 7. The molecule has 1 amide bonds. The predicted octanol–water partition coefficient (Wildman–Crippen LogP) is 0.754. The van der Waals surface area contributed by atoms with Crippen LogP contribution < -0.4 is 10.1 Å². The number of hydrogen-bond acceptors (Lipinski definition) is 24. The topological polar surface area (TPSA) is 356 Å². The zero-order chi connectivity index (χ0) is 58.6. The maximum Gasteiger partial charge on any atom is 0.328 e. The van der Waals surface area contributed by atoms with Crippen molar-refractivity contribution in [2.24, 2.45) is 11.8 Å². The van der Waals surface area contributed by atoms with Crippen LogP contribution in [0, 0.1) is 18.8 Å². The molecule has 20 unspecified atom stereocenters. The van der Waals surface area contributed by atoms with E-state index in [4.69, 9.17) is 56.8 Å². The van der Waals surface area contributed by atoms with E-state index in [1.54, 1.807) is 54.5 Å². The molecule has 5 saturated heterocycles. The number of ketones is 1. The van der Waals surface area contributed by atoms with Crippen molar-refractivity contribution in [2.75, 3.05) is 14.2 Å². The third kappa shape index (κ3) is 12.9. The van der Waals surface area contributed by atoms with E-state index in [1.165, 1.54) is 34.1 Å². The van der Waals surface area contributed by atoms with Gasteiger partial charge < -0.3 is 108 Å². The molecule has 25 nitrogen and oxygen atoms in total. The molecule has 0 radical (unpaired) electrons. The number of aliphatic hydroxyl groups excluding tert-OH is 6.